The molecule has 1 aromatic heterocycles. The van der Waals surface area contributed by atoms with Gasteiger partial charge in [0, 0.05) is 12.2 Å². The van der Waals surface area contributed by atoms with E-state index < -0.39 is 0 Å². The molecule has 0 aliphatic rings. The van der Waals surface area contributed by atoms with Crippen molar-refractivity contribution in [2.24, 2.45) is 0 Å². The molecule has 2 N–H and O–H groups in total. The van der Waals surface area contributed by atoms with Crippen molar-refractivity contribution in [3.8, 4) is 5.75 Å². The van der Waals surface area contributed by atoms with Gasteiger partial charge in [-0.25, -0.2) is 0 Å². The molecular formula is C29H33N5O3S. The Labute approximate surface area is 227 Å². The maximum atomic E-state index is 12.6. The van der Waals surface area contributed by atoms with E-state index in [1.54, 1.807) is 0 Å². The van der Waals surface area contributed by atoms with Crippen LogP contribution in [0.1, 0.15) is 43.6 Å². The second-order valence-electron chi connectivity index (χ2n) is 9.30. The fourth-order valence-electron chi connectivity index (χ4n) is 4.08. The summed E-state index contributed by atoms with van der Waals surface area (Å²) >= 11 is 1.31. The third-order valence-corrected chi connectivity index (χ3v) is 7.04. The molecule has 3 aromatic carbocycles. The molecule has 0 atom stereocenters. The molecule has 38 heavy (non-hydrogen) atoms. The minimum absolute atomic E-state index is 0.0833. The average molecular weight is 532 g/mol. The normalized spacial score (nSPS) is 11.1. The Morgan fingerprint density at radius 3 is 2.55 bits per heavy atom. The molecule has 0 fully saturated rings. The topological polar surface area (TPSA) is 98.1 Å². The predicted molar refractivity (Wildman–Crippen MR) is 152 cm³/mol. The van der Waals surface area contributed by atoms with E-state index in [1.807, 2.05) is 79.1 Å². The molecule has 0 aliphatic carbocycles. The lowest BCUT2D eigenvalue weighted by atomic mass is 10.0. The van der Waals surface area contributed by atoms with Gasteiger partial charge in [0.1, 0.15) is 5.75 Å². The van der Waals surface area contributed by atoms with Gasteiger partial charge in [-0.3, -0.25) is 9.59 Å². The maximum Gasteiger partial charge on any atom is 0.258 e. The van der Waals surface area contributed by atoms with Crippen molar-refractivity contribution in [3.63, 3.8) is 0 Å². The van der Waals surface area contributed by atoms with Gasteiger partial charge in [0.25, 0.3) is 5.91 Å². The van der Waals surface area contributed by atoms with E-state index in [0.29, 0.717) is 23.4 Å². The van der Waals surface area contributed by atoms with E-state index in [0.717, 1.165) is 33.3 Å². The molecule has 0 bridgehead atoms. The third kappa shape index (κ3) is 6.92. The highest BCUT2D eigenvalue weighted by Crippen LogP contribution is 2.27. The molecule has 8 nitrogen and oxygen atoms in total. The summed E-state index contributed by atoms with van der Waals surface area (Å²) in [6.45, 7) is 8.91. The number of benzene rings is 3. The van der Waals surface area contributed by atoms with Gasteiger partial charge in [-0.2, -0.15) is 0 Å². The van der Waals surface area contributed by atoms with Gasteiger partial charge in [0.15, 0.2) is 17.6 Å². The molecule has 0 aliphatic heterocycles. The Morgan fingerprint density at radius 2 is 1.79 bits per heavy atom. The first-order valence-corrected chi connectivity index (χ1v) is 13.7. The molecule has 4 rings (SSSR count). The molecule has 198 valence electrons. The summed E-state index contributed by atoms with van der Waals surface area (Å²) in [6, 6.07) is 19.9. The quantitative estimate of drug-likeness (QED) is 0.255. The Kier molecular flexibility index (Phi) is 9.02. The van der Waals surface area contributed by atoms with Crippen molar-refractivity contribution in [3.05, 3.63) is 77.6 Å². The van der Waals surface area contributed by atoms with Crippen LogP contribution in [0.25, 0.3) is 10.8 Å². The lowest BCUT2D eigenvalue weighted by molar-refractivity contribution is -0.123. The smallest absolute Gasteiger partial charge is 0.258 e. The second-order valence-corrected chi connectivity index (χ2v) is 10.2. The third-order valence-electron chi connectivity index (χ3n) is 6.07. The van der Waals surface area contributed by atoms with Gasteiger partial charge in [-0.15, -0.1) is 10.2 Å². The molecular weight excluding hydrogens is 498 g/mol. The zero-order valence-electron chi connectivity index (χ0n) is 22.2. The number of anilines is 1. The van der Waals surface area contributed by atoms with Crippen LogP contribution in [-0.4, -0.2) is 38.9 Å². The van der Waals surface area contributed by atoms with E-state index >= 15 is 0 Å². The van der Waals surface area contributed by atoms with Gasteiger partial charge >= 0.3 is 0 Å². The van der Waals surface area contributed by atoms with E-state index in [2.05, 4.69) is 34.7 Å². The second kappa shape index (κ2) is 12.6. The summed E-state index contributed by atoms with van der Waals surface area (Å²) in [5.41, 5.74) is 2.90. The largest absolute Gasteiger partial charge is 0.483 e. The van der Waals surface area contributed by atoms with Crippen molar-refractivity contribution in [1.82, 2.24) is 20.1 Å². The van der Waals surface area contributed by atoms with E-state index in [1.165, 1.54) is 11.8 Å². The van der Waals surface area contributed by atoms with Crippen LogP contribution in [0, 0.1) is 6.92 Å². The highest BCUT2D eigenvalue weighted by molar-refractivity contribution is 7.99. The van der Waals surface area contributed by atoms with Gasteiger partial charge in [0.2, 0.25) is 5.91 Å². The minimum atomic E-state index is -0.240. The average Bonchev–Trinajstić information content (AvgIpc) is 3.31. The summed E-state index contributed by atoms with van der Waals surface area (Å²) in [4.78, 5) is 25.0. The fraction of sp³-hybridized carbons (Fsp3) is 0.310. The molecule has 0 unspecified atom stereocenters. The van der Waals surface area contributed by atoms with E-state index in [-0.39, 0.29) is 30.7 Å². The number of rotatable bonds is 11. The van der Waals surface area contributed by atoms with Crippen LogP contribution >= 0.6 is 11.8 Å². The predicted octanol–water partition coefficient (Wildman–Crippen LogP) is 5.31. The summed E-state index contributed by atoms with van der Waals surface area (Å²) in [5, 5.41) is 17.1. The standard InChI is InChI=1S/C29H33N5O3S/c1-5-34-26(16-30-27(35)17-37-25-14-20(4)10-13-24(25)19(2)3)32-33-29(34)38-18-28(36)31-23-12-11-21-8-6-7-9-22(21)15-23/h6-15,19H,5,16-18H2,1-4H3,(H,30,35)(H,31,36). The Balaban J connectivity index is 1.28. The first-order valence-electron chi connectivity index (χ1n) is 12.7. The minimum Gasteiger partial charge on any atom is -0.483 e. The Bertz CT molecular complexity index is 1430. The Morgan fingerprint density at radius 1 is 1.00 bits per heavy atom. The number of aromatic nitrogens is 3. The van der Waals surface area contributed by atoms with Crippen LogP contribution in [0.15, 0.2) is 65.8 Å². The van der Waals surface area contributed by atoms with Crippen molar-refractivity contribution in [2.75, 3.05) is 17.7 Å². The number of hydrogen-bond donors (Lipinski definition) is 2. The molecule has 0 saturated carbocycles. The van der Waals surface area contributed by atoms with Crippen molar-refractivity contribution >= 4 is 40.0 Å². The van der Waals surface area contributed by atoms with Crippen molar-refractivity contribution in [2.45, 2.75) is 51.9 Å². The number of amides is 2. The van der Waals surface area contributed by atoms with Crippen molar-refractivity contribution < 1.29 is 14.3 Å². The maximum absolute atomic E-state index is 12.6. The molecule has 0 spiro atoms. The highest BCUT2D eigenvalue weighted by atomic mass is 32.2. The number of carbonyl (C=O) groups excluding carboxylic acids is 2. The van der Waals surface area contributed by atoms with Crippen LogP contribution in [-0.2, 0) is 22.7 Å². The zero-order valence-corrected chi connectivity index (χ0v) is 23.0. The summed E-state index contributed by atoms with van der Waals surface area (Å²) < 4.78 is 7.72. The van der Waals surface area contributed by atoms with Crippen LogP contribution in [0.3, 0.4) is 0 Å². The van der Waals surface area contributed by atoms with Crippen LogP contribution in [0.2, 0.25) is 0 Å². The Hall–Kier alpha value is -3.85. The number of thioether (sulfide) groups is 1. The van der Waals surface area contributed by atoms with Crippen molar-refractivity contribution in [1.29, 1.82) is 0 Å². The van der Waals surface area contributed by atoms with Gasteiger partial charge in [0.05, 0.1) is 12.3 Å². The molecule has 2 amide bonds. The van der Waals surface area contributed by atoms with Gasteiger partial charge in [-0.1, -0.05) is 68.1 Å². The molecule has 0 saturated heterocycles. The monoisotopic (exact) mass is 531 g/mol. The molecule has 1 heterocycles. The number of ether oxygens (including phenoxy) is 1. The van der Waals surface area contributed by atoms with E-state index in [4.69, 9.17) is 4.74 Å². The molecule has 0 radical (unpaired) electrons. The number of aryl methyl sites for hydroxylation is 1. The van der Waals surface area contributed by atoms with Crippen LogP contribution in [0.4, 0.5) is 5.69 Å². The molecule has 4 aromatic rings. The van der Waals surface area contributed by atoms with Crippen LogP contribution < -0.4 is 15.4 Å². The summed E-state index contributed by atoms with van der Waals surface area (Å²) in [7, 11) is 0. The molecule has 9 heteroatoms. The number of hydrogen-bond acceptors (Lipinski definition) is 6. The SMILES string of the molecule is CCn1c(CNC(=O)COc2cc(C)ccc2C(C)C)nnc1SCC(=O)Nc1ccc2ccccc2c1. The highest BCUT2D eigenvalue weighted by Gasteiger charge is 2.15. The fourth-order valence-corrected chi connectivity index (χ4v) is 4.91. The summed E-state index contributed by atoms with van der Waals surface area (Å²) in [6.07, 6.45) is 0. The van der Waals surface area contributed by atoms with Gasteiger partial charge in [-0.05, 0) is 59.9 Å². The van der Waals surface area contributed by atoms with Crippen LogP contribution in [0.5, 0.6) is 5.75 Å². The first-order chi connectivity index (χ1) is 18.3. The van der Waals surface area contributed by atoms with E-state index in [9.17, 15) is 9.59 Å². The number of carbonyl (C=O) groups is 2. The number of nitrogens with zero attached hydrogens (tertiary/aromatic N) is 3. The van der Waals surface area contributed by atoms with Gasteiger partial charge < -0.3 is 19.9 Å². The lowest BCUT2D eigenvalue weighted by Crippen LogP contribution is -2.29. The summed E-state index contributed by atoms with van der Waals surface area (Å²) in [5.74, 6) is 1.47. The first kappa shape index (κ1) is 27.2. The number of fused-ring (bicyclic) bond motifs is 1. The number of nitrogens with one attached hydrogen (secondary N) is 2. The lowest BCUT2D eigenvalue weighted by Gasteiger charge is -2.15. The zero-order chi connectivity index (χ0) is 27.1.